The van der Waals surface area contributed by atoms with Gasteiger partial charge in [-0.1, -0.05) is 88.7 Å². The molecule has 0 saturated heterocycles. The Kier molecular flexibility index (Phi) is 9.96. The Balaban J connectivity index is 0.00000190. The summed E-state index contributed by atoms with van der Waals surface area (Å²) in [7, 11) is 0. The summed E-state index contributed by atoms with van der Waals surface area (Å²) in [5, 5.41) is 3.65. The van der Waals surface area contributed by atoms with E-state index in [9.17, 15) is 0 Å². The molecule has 2 rings (SSSR count). The first-order chi connectivity index (χ1) is 13.3. The van der Waals surface area contributed by atoms with Crippen molar-refractivity contribution in [3.8, 4) is 0 Å². The van der Waals surface area contributed by atoms with E-state index >= 15 is 0 Å². The molecule has 0 saturated carbocycles. The minimum atomic E-state index is 0.221. The highest BCUT2D eigenvalue weighted by Gasteiger charge is 2.07. The lowest BCUT2D eigenvalue weighted by Gasteiger charge is -2.16. The lowest BCUT2D eigenvalue weighted by molar-refractivity contribution is 0.547. The van der Waals surface area contributed by atoms with Crippen LogP contribution in [0.3, 0.4) is 0 Å². The van der Waals surface area contributed by atoms with Gasteiger partial charge in [-0.3, -0.25) is 0 Å². The summed E-state index contributed by atoms with van der Waals surface area (Å²) < 4.78 is 0. The van der Waals surface area contributed by atoms with Gasteiger partial charge in [-0.05, 0) is 53.5 Å². The van der Waals surface area contributed by atoms with Crippen molar-refractivity contribution in [1.82, 2.24) is 5.32 Å². The van der Waals surface area contributed by atoms with Crippen LogP contribution in [-0.4, -0.2) is 0 Å². The number of nitrogens with one attached hydrogen (secondary N) is 1. The van der Waals surface area contributed by atoms with Crippen molar-refractivity contribution >= 4 is 6.08 Å². The minimum absolute atomic E-state index is 0.221. The number of hydrogen-bond donors (Lipinski definition) is 1. The van der Waals surface area contributed by atoms with Crippen molar-refractivity contribution in [2.75, 3.05) is 0 Å². The fourth-order valence-corrected chi connectivity index (χ4v) is 3.05. The van der Waals surface area contributed by atoms with Crippen LogP contribution >= 0.6 is 0 Å². The molecular weight excluding hydrogens is 338 g/mol. The number of hydrogen-bond acceptors (Lipinski definition) is 1. The van der Waals surface area contributed by atoms with Crippen molar-refractivity contribution in [3.63, 3.8) is 0 Å². The molecule has 1 heteroatoms. The van der Waals surface area contributed by atoms with E-state index in [1.165, 1.54) is 40.7 Å². The van der Waals surface area contributed by atoms with Crippen molar-refractivity contribution in [1.29, 1.82) is 0 Å². The average molecular weight is 378 g/mol. The Morgan fingerprint density at radius 1 is 1.04 bits per heavy atom. The van der Waals surface area contributed by atoms with Crippen LogP contribution in [0.15, 0.2) is 61.7 Å². The van der Waals surface area contributed by atoms with E-state index in [4.69, 9.17) is 0 Å². The Morgan fingerprint density at radius 3 is 2.21 bits per heavy atom. The van der Waals surface area contributed by atoms with Crippen LogP contribution in [0.2, 0.25) is 0 Å². The van der Waals surface area contributed by atoms with Gasteiger partial charge in [0.15, 0.2) is 0 Å². The highest BCUT2D eigenvalue weighted by Crippen LogP contribution is 2.19. The van der Waals surface area contributed by atoms with E-state index in [1.54, 1.807) is 0 Å². The lowest BCUT2D eigenvalue weighted by atomic mass is 9.95. The van der Waals surface area contributed by atoms with Gasteiger partial charge in [-0.25, -0.2) is 0 Å². The SMILES string of the molecule is C=C.CCCc1ccc(CNC(C)c2ccc(/C=C/C(C)(C)C)cc2)cc1C. The maximum atomic E-state index is 3.65. The molecule has 0 amide bonds. The third-order valence-corrected chi connectivity index (χ3v) is 4.75. The van der Waals surface area contributed by atoms with E-state index in [0.29, 0.717) is 6.04 Å². The third-order valence-electron chi connectivity index (χ3n) is 4.75. The van der Waals surface area contributed by atoms with E-state index in [0.717, 1.165) is 6.54 Å². The van der Waals surface area contributed by atoms with Gasteiger partial charge in [-0.2, -0.15) is 0 Å². The fourth-order valence-electron chi connectivity index (χ4n) is 3.05. The molecule has 152 valence electrons. The molecule has 1 N–H and O–H groups in total. The van der Waals surface area contributed by atoms with Crippen LogP contribution in [0, 0.1) is 12.3 Å². The zero-order chi connectivity index (χ0) is 21.2. The van der Waals surface area contributed by atoms with Crippen LogP contribution in [0.4, 0.5) is 0 Å². The number of rotatable bonds is 7. The maximum absolute atomic E-state index is 3.65. The van der Waals surface area contributed by atoms with Crippen molar-refractivity contribution in [3.05, 3.63) is 89.5 Å². The number of benzene rings is 2. The molecule has 0 aliphatic heterocycles. The third kappa shape index (κ3) is 8.27. The first kappa shape index (κ1) is 23.9. The summed E-state index contributed by atoms with van der Waals surface area (Å²) in [5.74, 6) is 0. The molecule has 1 atom stereocenters. The second-order valence-corrected chi connectivity index (χ2v) is 8.48. The Bertz CT molecular complexity index is 732. The predicted octanol–water partition coefficient (Wildman–Crippen LogP) is 7.66. The Morgan fingerprint density at radius 2 is 1.68 bits per heavy atom. The monoisotopic (exact) mass is 377 g/mol. The molecule has 0 aliphatic carbocycles. The standard InChI is InChI=1S/C25H35N.C2H4/c1-7-8-23-12-11-22(17-19(23)2)18-26-20(3)24-13-9-21(10-14-24)15-16-25(4,5)6;1-2/h9-17,20,26H,7-8,18H2,1-6H3;1-2H2/b16-15+;. The minimum Gasteiger partial charge on any atom is -0.306 e. The van der Waals surface area contributed by atoms with Crippen molar-refractivity contribution in [2.24, 2.45) is 5.41 Å². The maximum Gasteiger partial charge on any atom is 0.0294 e. The summed E-state index contributed by atoms with van der Waals surface area (Å²) in [6, 6.07) is 16.1. The lowest BCUT2D eigenvalue weighted by Crippen LogP contribution is -2.18. The van der Waals surface area contributed by atoms with Crippen LogP contribution in [0.1, 0.15) is 74.9 Å². The van der Waals surface area contributed by atoms with Gasteiger partial charge in [0, 0.05) is 12.6 Å². The Hall–Kier alpha value is -2.12. The zero-order valence-electron chi connectivity index (χ0n) is 18.8. The summed E-state index contributed by atoms with van der Waals surface area (Å²) in [4.78, 5) is 0. The van der Waals surface area contributed by atoms with Gasteiger partial charge in [0.05, 0.1) is 0 Å². The van der Waals surface area contributed by atoms with Crippen LogP contribution in [0.25, 0.3) is 6.08 Å². The first-order valence-corrected chi connectivity index (χ1v) is 10.4. The second-order valence-electron chi connectivity index (χ2n) is 8.48. The van der Waals surface area contributed by atoms with E-state index < -0.39 is 0 Å². The fraction of sp³-hybridized carbons (Fsp3) is 0.407. The average Bonchev–Trinajstić information content (AvgIpc) is 2.68. The van der Waals surface area contributed by atoms with E-state index in [1.807, 2.05) is 0 Å². The first-order valence-electron chi connectivity index (χ1n) is 10.4. The molecule has 1 unspecified atom stereocenters. The molecule has 0 heterocycles. The van der Waals surface area contributed by atoms with E-state index in [-0.39, 0.29) is 5.41 Å². The quantitative estimate of drug-likeness (QED) is 0.488. The van der Waals surface area contributed by atoms with Gasteiger partial charge in [0.1, 0.15) is 0 Å². The van der Waals surface area contributed by atoms with Gasteiger partial charge in [-0.15, -0.1) is 13.2 Å². The van der Waals surface area contributed by atoms with Crippen LogP contribution in [-0.2, 0) is 13.0 Å². The smallest absolute Gasteiger partial charge is 0.0294 e. The highest BCUT2D eigenvalue weighted by atomic mass is 14.9. The second kappa shape index (κ2) is 11.7. The van der Waals surface area contributed by atoms with Gasteiger partial charge in [0.25, 0.3) is 0 Å². The summed E-state index contributed by atoms with van der Waals surface area (Å²) >= 11 is 0. The summed E-state index contributed by atoms with van der Waals surface area (Å²) in [6.45, 7) is 20.3. The Labute approximate surface area is 173 Å². The number of aryl methyl sites for hydroxylation is 2. The predicted molar refractivity (Wildman–Crippen MR) is 127 cm³/mol. The zero-order valence-corrected chi connectivity index (χ0v) is 18.8. The van der Waals surface area contributed by atoms with Crippen molar-refractivity contribution < 1.29 is 0 Å². The van der Waals surface area contributed by atoms with Gasteiger partial charge in [0.2, 0.25) is 0 Å². The van der Waals surface area contributed by atoms with Gasteiger partial charge >= 0.3 is 0 Å². The van der Waals surface area contributed by atoms with Crippen LogP contribution < -0.4 is 5.32 Å². The topological polar surface area (TPSA) is 12.0 Å². The van der Waals surface area contributed by atoms with Crippen molar-refractivity contribution in [2.45, 2.75) is 67.0 Å². The molecule has 2 aromatic carbocycles. The molecule has 0 radical (unpaired) electrons. The highest BCUT2D eigenvalue weighted by molar-refractivity contribution is 5.50. The molecule has 1 nitrogen and oxygen atoms in total. The molecule has 0 bridgehead atoms. The number of allylic oxidation sites excluding steroid dienone is 1. The molecular formula is C27H39N. The molecule has 2 aromatic rings. The summed E-state index contributed by atoms with van der Waals surface area (Å²) in [6.07, 6.45) is 6.85. The van der Waals surface area contributed by atoms with E-state index in [2.05, 4.69) is 115 Å². The molecule has 0 fully saturated rings. The van der Waals surface area contributed by atoms with Gasteiger partial charge < -0.3 is 5.32 Å². The molecule has 0 aromatic heterocycles. The molecule has 0 aliphatic rings. The largest absolute Gasteiger partial charge is 0.306 e. The summed E-state index contributed by atoms with van der Waals surface area (Å²) in [5.41, 5.74) is 7.06. The van der Waals surface area contributed by atoms with Crippen LogP contribution in [0.5, 0.6) is 0 Å². The molecule has 28 heavy (non-hydrogen) atoms. The normalized spacial score (nSPS) is 12.5. The molecule has 0 spiro atoms.